The number of carbonyl (C=O) groups excluding carboxylic acids is 1. The average molecular weight is 355 g/mol. The average Bonchev–Trinajstić information content (AvgIpc) is 2.68. The van der Waals surface area contributed by atoms with Crippen molar-refractivity contribution in [2.24, 2.45) is 0 Å². The maximum absolute atomic E-state index is 12.0. The predicted octanol–water partition coefficient (Wildman–Crippen LogP) is 2.76. The molecule has 1 saturated heterocycles. The van der Waals surface area contributed by atoms with Gasteiger partial charge in [-0.25, -0.2) is 0 Å². The highest BCUT2D eigenvalue weighted by Crippen LogP contribution is 2.23. The number of methoxy groups -OCH3 is 1. The zero-order valence-electron chi connectivity index (χ0n) is 15.0. The molecular formula is C21H25NO4. The lowest BCUT2D eigenvalue weighted by Gasteiger charge is -2.36. The fraction of sp³-hybridized carbons (Fsp3) is 0.381. The van der Waals surface area contributed by atoms with E-state index in [1.807, 2.05) is 54.6 Å². The molecule has 5 nitrogen and oxygen atoms in total. The number of hydrogen-bond donors (Lipinski definition) is 1. The molecule has 0 aromatic heterocycles. The van der Waals surface area contributed by atoms with Gasteiger partial charge in [0.25, 0.3) is 0 Å². The molecule has 1 aliphatic rings. The first kappa shape index (κ1) is 18.4. The Labute approximate surface area is 154 Å². The molecule has 26 heavy (non-hydrogen) atoms. The van der Waals surface area contributed by atoms with Crippen LogP contribution in [0.15, 0.2) is 54.6 Å². The quantitative estimate of drug-likeness (QED) is 0.808. The van der Waals surface area contributed by atoms with E-state index in [1.54, 1.807) is 0 Å². The summed E-state index contributed by atoms with van der Waals surface area (Å²) in [5, 5.41) is 9.88. The number of piperidine rings is 1. The van der Waals surface area contributed by atoms with Gasteiger partial charge in [0.1, 0.15) is 18.4 Å². The summed E-state index contributed by atoms with van der Waals surface area (Å²) in [5.74, 6) is 0.512. The first-order valence-corrected chi connectivity index (χ1v) is 8.91. The second-order valence-electron chi connectivity index (χ2n) is 6.61. The lowest BCUT2D eigenvalue weighted by Crippen LogP contribution is -2.48. The van der Waals surface area contributed by atoms with E-state index in [9.17, 15) is 9.90 Å². The number of ether oxygens (including phenoxy) is 2. The number of esters is 1. The third-order valence-corrected chi connectivity index (χ3v) is 4.69. The number of nitrogens with zero attached hydrogens (tertiary/aromatic N) is 1. The van der Waals surface area contributed by atoms with Gasteiger partial charge in [-0.2, -0.15) is 0 Å². The van der Waals surface area contributed by atoms with Crippen molar-refractivity contribution in [1.29, 1.82) is 0 Å². The molecule has 0 spiro atoms. The van der Waals surface area contributed by atoms with Crippen LogP contribution < -0.4 is 4.74 Å². The predicted molar refractivity (Wildman–Crippen MR) is 98.7 cm³/mol. The Kier molecular flexibility index (Phi) is 6.26. The fourth-order valence-corrected chi connectivity index (χ4v) is 3.27. The van der Waals surface area contributed by atoms with Crippen LogP contribution in [0.5, 0.6) is 5.75 Å². The molecule has 0 amide bonds. The third-order valence-electron chi connectivity index (χ3n) is 4.69. The minimum absolute atomic E-state index is 0.291. The minimum Gasteiger partial charge on any atom is -0.489 e. The zero-order chi connectivity index (χ0) is 18.4. The number of likely N-dealkylation sites (tertiary alicyclic amines) is 1. The maximum atomic E-state index is 12.0. The van der Waals surface area contributed by atoms with E-state index in [0.29, 0.717) is 32.5 Å². The van der Waals surface area contributed by atoms with E-state index in [4.69, 9.17) is 9.47 Å². The van der Waals surface area contributed by atoms with Crippen LogP contribution in [-0.2, 0) is 22.7 Å². The van der Waals surface area contributed by atoms with Crippen LogP contribution in [0.25, 0.3) is 0 Å². The second-order valence-corrected chi connectivity index (χ2v) is 6.61. The molecule has 0 unspecified atom stereocenters. The summed E-state index contributed by atoms with van der Waals surface area (Å²) in [5.41, 5.74) is 2.19. The molecule has 1 fully saturated rings. The van der Waals surface area contributed by atoms with Crippen molar-refractivity contribution in [2.75, 3.05) is 13.7 Å². The van der Waals surface area contributed by atoms with Gasteiger partial charge in [-0.05, 0) is 36.1 Å². The topological polar surface area (TPSA) is 59.0 Å². The lowest BCUT2D eigenvalue weighted by atomic mass is 9.98. The molecule has 1 aliphatic heterocycles. The second kappa shape index (κ2) is 8.83. The van der Waals surface area contributed by atoms with E-state index in [2.05, 4.69) is 4.90 Å². The van der Waals surface area contributed by atoms with Crippen LogP contribution in [0.3, 0.4) is 0 Å². The van der Waals surface area contributed by atoms with Gasteiger partial charge in [0.15, 0.2) is 0 Å². The van der Waals surface area contributed by atoms with Crippen LogP contribution in [0.1, 0.15) is 24.0 Å². The van der Waals surface area contributed by atoms with Gasteiger partial charge >= 0.3 is 5.97 Å². The molecule has 5 heteroatoms. The Morgan fingerprint density at radius 2 is 1.92 bits per heavy atom. The van der Waals surface area contributed by atoms with E-state index in [1.165, 1.54) is 7.11 Å². The summed E-state index contributed by atoms with van der Waals surface area (Å²) < 4.78 is 10.8. The molecule has 1 N–H and O–H groups in total. The number of benzene rings is 2. The molecule has 138 valence electrons. The van der Waals surface area contributed by atoms with Crippen molar-refractivity contribution in [3.05, 3.63) is 65.7 Å². The van der Waals surface area contributed by atoms with E-state index in [0.717, 1.165) is 16.9 Å². The first-order chi connectivity index (χ1) is 12.7. The van der Waals surface area contributed by atoms with Crippen LogP contribution in [0, 0.1) is 0 Å². The summed E-state index contributed by atoms with van der Waals surface area (Å²) in [6.45, 7) is 1.80. The summed E-state index contributed by atoms with van der Waals surface area (Å²) in [4.78, 5) is 14.1. The summed E-state index contributed by atoms with van der Waals surface area (Å²) in [6, 6.07) is 17.5. The monoisotopic (exact) mass is 355 g/mol. The van der Waals surface area contributed by atoms with Gasteiger partial charge < -0.3 is 14.6 Å². The third kappa shape index (κ3) is 4.84. The molecule has 3 rings (SSSR count). The van der Waals surface area contributed by atoms with E-state index < -0.39 is 12.1 Å². The van der Waals surface area contributed by atoms with Gasteiger partial charge in [0, 0.05) is 13.1 Å². The molecule has 2 atom stereocenters. The Morgan fingerprint density at radius 3 is 2.69 bits per heavy atom. The van der Waals surface area contributed by atoms with E-state index >= 15 is 0 Å². The minimum atomic E-state index is -0.448. The van der Waals surface area contributed by atoms with Crippen LogP contribution in [0.2, 0.25) is 0 Å². The molecule has 2 aromatic rings. The summed E-state index contributed by atoms with van der Waals surface area (Å²) >= 11 is 0. The molecule has 2 aromatic carbocycles. The van der Waals surface area contributed by atoms with Crippen LogP contribution >= 0.6 is 0 Å². The van der Waals surface area contributed by atoms with Gasteiger partial charge in [0.05, 0.1) is 13.2 Å². The van der Waals surface area contributed by atoms with Crippen molar-refractivity contribution in [2.45, 2.75) is 38.1 Å². The van der Waals surface area contributed by atoms with Crippen LogP contribution in [-0.4, -0.2) is 41.8 Å². The highest BCUT2D eigenvalue weighted by molar-refractivity contribution is 5.75. The van der Waals surface area contributed by atoms with Gasteiger partial charge in [-0.15, -0.1) is 0 Å². The van der Waals surface area contributed by atoms with Gasteiger partial charge in [-0.1, -0.05) is 42.5 Å². The zero-order valence-corrected chi connectivity index (χ0v) is 15.0. The Hall–Kier alpha value is -2.37. The SMILES string of the molecule is COC(=O)[C@@H]1C[C@H](O)CCN1Cc1cccc(OCc2ccccc2)c1. The maximum Gasteiger partial charge on any atom is 0.323 e. The van der Waals surface area contributed by atoms with Crippen molar-refractivity contribution >= 4 is 5.97 Å². The highest BCUT2D eigenvalue weighted by atomic mass is 16.5. The molecule has 0 saturated carbocycles. The first-order valence-electron chi connectivity index (χ1n) is 8.91. The fourth-order valence-electron chi connectivity index (χ4n) is 3.27. The summed E-state index contributed by atoms with van der Waals surface area (Å²) in [6.07, 6.45) is 0.630. The van der Waals surface area contributed by atoms with Crippen molar-refractivity contribution in [3.63, 3.8) is 0 Å². The van der Waals surface area contributed by atoms with Gasteiger partial charge in [-0.3, -0.25) is 9.69 Å². The number of rotatable bonds is 6. The molecular weight excluding hydrogens is 330 g/mol. The molecule has 0 radical (unpaired) electrons. The number of aliphatic hydroxyl groups is 1. The highest BCUT2D eigenvalue weighted by Gasteiger charge is 2.33. The standard InChI is InChI=1S/C21H25NO4/c1-25-21(24)20-13-18(23)10-11-22(20)14-17-8-5-9-19(12-17)26-15-16-6-3-2-4-7-16/h2-9,12,18,20,23H,10-11,13-15H2,1H3/t18-,20+/m1/s1. The Bertz CT molecular complexity index is 719. The van der Waals surface area contributed by atoms with E-state index in [-0.39, 0.29) is 5.97 Å². The van der Waals surface area contributed by atoms with Gasteiger partial charge in [0.2, 0.25) is 0 Å². The number of carbonyl (C=O) groups is 1. The van der Waals surface area contributed by atoms with Crippen LogP contribution in [0.4, 0.5) is 0 Å². The smallest absolute Gasteiger partial charge is 0.323 e. The Morgan fingerprint density at radius 1 is 1.15 bits per heavy atom. The van der Waals surface area contributed by atoms with Crippen molar-refractivity contribution in [3.8, 4) is 5.75 Å². The molecule has 0 aliphatic carbocycles. The number of hydrogen-bond acceptors (Lipinski definition) is 5. The lowest BCUT2D eigenvalue weighted by molar-refractivity contribution is -0.150. The summed E-state index contributed by atoms with van der Waals surface area (Å²) in [7, 11) is 1.39. The molecule has 0 bridgehead atoms. The van der Waals surface area contributed by atoms with Crippen molar-refractivity contribution in [1.82, 2.24) is 4.90 Å². The van der Waals surface area contributed by atoms with Crippen molar-refractivity contribution < 1.29 is 19.4 Å². The largest absolute Gasteiger partial charge is 0.489 e. The molecule has 1 heterocycles. The normalized spacial score (nSPS) is 20.5. The Balaban J connectivity index is 1.64. The number of aliphatic hydroxyl groups excluding tert-OH is 1.